The zero-order valence-electron chi connectivity index (χ0n) is 10.7. The smallest absolute Gasteiger partial charge is 0.293 e. The first kappa shape index (κ1) is 16.3. The molecule has 1 aliphatic carbocycles. The molecule has 0 amide bonds. The normalized spacial score (nSPS) is 28.6. The maximum absolute atomic E-state index is 11.0. The topological polar surface area (TPSA) is 116 Å². The van der Waals surface area contributed by atoms with Crippen LogP contribution in [0.3, 0.4) is 0 Å². The Labute approximate surface area is 130 Å². The van der Waals surface area contributed by atoms with E-state index in [1.165, 1.54) is 6.07 Å². The van der Waals surface area contributed by atoms with Crippen molar-refractivity contribution < 1.29 is 20.2 Å². The molecule has 116 valence electrons. The minimum Gasteiger partial charge on any atom is -0.396 e. The van der Waals surface area contributed by atoms with E-state index in [-0.39, 0.29) is 34.4 Å². The number of benzene rings is 1. The van der Waals surface area contributed by atoms with Gasteiger partial charge in [0.05, 0.1) is 27.1 Å². The molecule has 4 atom stereocenters. The minimum atomic E-state index is -1.14. The predicted octanol–water partition coefficient (Wildman–Crippen LogP) is 1.42. The summed E-state index contributed by atoms with van der Waals surface area (Å²) in [6.45, 7) is -0.278. The fourth-order valence-corrected chi connectivity index (χ4v) is 2.77. The Bertz CT molecular complexity index is 557. The molecule has 1 saturated carbocycles. The molecule has 0 aliphatic heterocycles. The number of nitrogens with zero attached hydrogens (tertiary/aromatic N) is 1. The van der Waals surface area contributed by atoms with Gasteiger partial charge in [-0.1, -0.05) is 23.2 Å². The molecular weight excluding hydrogens is 323 g/mol. The standard InChI is InChI=1S/C12H14Cl2N2O5/c13-6-2-8(10(16(20)21)3-7(6)14)15-9-1-5(4-17)11(18)12(9)19/h2-3,5,9,11-12,15,17-19H,1,4H2/t5-,9-,11+,12-/m1/s1. The summed E-state index contributed by atoms with van der Waals surface area (Å²) < 4.78 is 0. The molecule has 21 heavy (non-hydrogen) atoms. The number of halogens is 2. The number of nitro groups is 1. The summed E-state index contributed by atoms with van der Waals surface area (Å²) in [5.74, 6) is -0.487. The number of aliphatic hydroxyl groups is 3. The van der Waals surface area contributed by atoms with Gasteiger partial charge in [0.1, 0.15) is 11.8 Å². The van der Waals surface area contributed by atoms with E-state index in [2.05, 4.69) is 5.32 Å². The lowest BCUT2D eigenvalue weighted by atomic mass is 10.1. The fourth-order valence-electron chi connectivity index (χ4n) is 2.45. The first-order valence-corrected chi connectivity index (χ1v) is 6.97. The van der Waals surface area contributed by atoms with Gasteiger partial charge < -0.3 is 20.6 Å². The highest BCUT2D eigenvalue weighted by Crippen LogP contribution is 2.36. The number of nitrogens with one attached hydrogen (secondary N) is 1. The van der Waals surface area contributed by atoms with Gasteiger partial charge in [0.15, 0.2) is 0 Å². The molecular formula is C12H14Cl2N2O5. The lowest BCUT2D eigenvalue weighted by Crippen LogP contribution is -2.35. The third-order valence-electron chi connectivity index (χ3n) is 3.61. The number of anilines is 1. The van der Waals surface area contributed by atoms with Gasteiger partial charge in [0, 0.05) is 18.6 Å². The molecule has 0 radical (unpaired) electrons. The van der Waals surface area contributed by atoms with Crippen LogP contribution in [0.5, 0.6) is 0 Å². The lowest BCUT2D eigenvalue weighted by molar-refractivity contribution is -0.384. The Morgan fingerprint density at radius 3 is 2.43 bits per heavy atom. The summed E-state index contributed by atoms with van der Waals surface area (Å²) in [5, 5.41) is 42.8. The molecule has 7 nitrogen and oxygen atoms in total. The summed E-state index contributed by atoms with van der Waals surface area (Å²) in [5.41, 5.74) is -0.178. The van der Waals surface area contributed by atoms with Gasteiger partial charge in [-0.15, -0.1) is 0 Å². The molecule has 0 heterocycles. The van der Waals surface area contributed by atoms with Crippen LogP contribution in [-0.2, 0) is 0 Å². The maximum atomic E-state index is 11.0. The zero-order valence-corrected chi connectivity index (χ0v) is 12.3. The van der Waals surface area contributed by atoms with Gasteiger partial charge in [-0.3, -0.25) is 10.1 Å². The van der Waals surface area contributed by atoms with Crippen LogP contribution in [0.2, 0.25) is 10.0 Å². The Morgan fingerprint density at radius 1 is 1.29 bits per heavy atom. The minimum absolute atomic E-state index is 0.0501. The van der Waals surface area contributed by atoms with Gasteiger partial charge in [0.2, 0.25) is 0 Å². The van der Waals surface area contributed by atoms with Crippen LogP contribution >= 0.6 is 23.2 Å². The van der Waals surface area contributed by atoms with E-state index >= 15 is 0 Å². The van der Waals surface area contributed by atoms with Crippen molar-refractivity contribution in [2.45, 2.75) is 24.7 Å². The number of rotatable bonds is 4. The van der Waals surface area contributed by atoms with Crippen molar-refractivity contribution in [3.8, 4) is 0 Å². The number of nitro benzene ring substituents is 1. The van der Waals surface area contributed by atoms with Gasteiger partial charge in [-0.25, -0.2) is 0 Å². The van der Waals surface area contributed by atoms with E-state index in [4.69, 9.17) is 28.3 Å². The van der Waals surface area contributed by atoms with Gasteiger partial charge in [0.25, 0.3) is 5.69 Å². The largest absolute Gasteiger partial charge is 0.396 e. The second-order valence-electron chi connectivity index (χ2n) is 4.95. The monoisotopic (exact) mass is 336 g/mol. The second-order valence-corrected chi connectivity index (χ2v) is 5.77. The number of aliphatic hydroxyl groups excluding tert-OH is 3. The van der Waals surface area contributed by atoms with Gasteiger partial charge in [-0.05, 0) is 12.5 Å². The van der Waals surface area contributed by atoms with Crippen LogP contribution in [0.15, 0.2) is 12.1 Å². The van der Waals surface area contributed by atoms with Crippen LogP contribution in [0.1, 0.15) is 6.42 Å². The van der Waals surface area contributed by atoms with Crippen LogP contribution in [0.25, 0.3) is 0 Å². The van der Waals surface area contributed by atoms with Crippen LogP contribution in [0, 0.1) is 16.0 Å². The highest BCUT2D eigenvalue weighted by atomic mass is 35.5. The molecule has 1 aromatic carbocycles. The predicted molar refractivity (Wildman–Crippen MR) is 77.7 cm³/mol. The Balaban J connectivity index is 2.27. The third-order valence-corrected chi connectivity index (χ3v) is 4.33. The van der Waals surface area contributed by atoms with Crippen molar-refractivity contribution in [1.82, 2.24) is 0 Å². The van der Waals surface area contributed by atoms with Crippen molar-refractivity contribution in [2.75, 3.05) is 11.9 Å². The van der Waals surface area contributed by atoms with Crippen molar-refractivity contribution in [3.05, 3.63) is 32.3 Å². The third kappa shape index (κ3) is 3.22. The fraction of sp³-hybridized carbons (Fsp3) is 0.500. The zero-order chi connectivity index (χ0) is 15.7. The van der Waals surface area contributed by atoms with Crippen molar-refractivity contribution in [1.29, 1.82) is 0 Å². The highest BCUT2D eigenvalue weighted by molar-refractivity contribution is 6.42. The lowest BCUT2D eigenvalue weighted by Gasteiger charge is -2.19. The van der Waals surface area contributed by atoms with Crippen molar-refractivity contribution in [3.63, 3.8) is 0 Å². The maximum Gasteiger partial charge on any atom is 0.293 e. The quantitative estimate of drug-likeness (QED) is 0.488. The molecule has 0 saturated heterocycles. The highest BCUT2D eigenvalue weighted by Gasteiger charge is 2.41. The molecule has 1 fully saturated rings. The van der Waals surface area contributed by atoms with Crippen molar-refractivity contribution >= 4 is 34.6 Å². The van der Waals surface area contributed by atoms with Crippen LogP contribution < -0.4 is 5.32 Å². The first-order chi connectivity index (χ1) is 9.85. The molecule has 0 unspecified atom stereocenters. The molecule has 9 heteroatoms. The molecule has 0 aromatic heterocycles. The van der Waals surface area contributed by atoms with E-state index < -0.39 is 29.1 Å². The van der Waals surface area contributed by atoms with Crippen LogP contribution in [0.4, 0.5) is 11.4 Å². The molecule has 2 rings (SSSR count). The van der Waals surface area contributed by atoms with E-state index in [0.717, 1.165) is 6.07 Å². The SMILES string of the molecule is O=[N+]([O-])c1cc(Cl)c(Cl)cc1N[C@@H]1C[C@H](CO)[C@H](O)[C@@H]1O. The summed E-state index contributed by atoms with van der Waals surface area (Å²) in [6.07, 6.45) is -1.96. The van der Waals surface area contributed by atoms with Gasteiger partial charge >= 0.3 is 0 Å². The van der Waals surface area contributed by atoms with Gasteiger partial charge in [-0.2, -0.15) is 0 Å². The Kier molecular flexibility index (Phi) is 4.90. The molecule has 1 aliphatic rings. The van der Waals surface area contributed by atoms with E-state index in [1.54, 1.807) is 0 Å². The summed E-state index contributed by atoms with van der Waals surface area (Å²) in [6, 6.07) is 1.79. The van der Waals surface area contributed by atoms with Crippen molar-refractivity contribution in [2.24, 2.45) is 5.92 Å². The average molecular weight is 337 g/mol. The molecule has 0 spiro atoms. The molecule has 4 N–H and O–H groups in total. The Morgan fingerprint density at radius 2 is 1.90 bits per heavy atom. The van der Waals surface area contributed by atoms with E-state index in [1.807, 2.05) is 0 Å². The number of hydrogen-bond donors (Lipinski definition) is 4. The average Bonchev–Trinajstić information content (AvgIpc) is 2.70. The van der Waals surface area contributed by atoms with E-state index in [9.17, 15) is 20.3 Å². The summed E-state index contributed by atoms with van der Waals surface area (Å²) in [4.78, 5) is 10.4. The molecule has 1 aromatic rings. The van der Waals surface area contributed by atoms with E-state index in [0.29, 0.717) is 0 Å². The summed E-state index contributed by atoms with van der Waals surface area (Å²) >= 11 is 11.6. The van der Waals surface area contributed by atoms with Crippen LogP contribution in [-0.4, -0.2) is 45.1 Å². The Hall–Kier alpha value is -1.12. The first-order valence-electron chi connectivity index (χ1n) is 6.22. The second kappa shape index (κ2) is 6.33. The molecule has 0 bridgehead atoms. The summed E-state index contributed by atoms with van der Waals surface area (Å²) in [7, 11) is 0. The number of hydrogen-bond acceptors (Lipinski definition) is 6.